The molecule has 108 valence electrons. The first-order valence-electron chi connectivity index (χ1n) is 6.41. The van der Waals surface area contributed by atoms with E-state index in [4.69, 9.17) is 4.42 Å². The van der Waals surface area contributed by atoms with Crippen LogP contribution in [0.3, 0.4) is 0 Å². The fourth-order valence-corrected chi connectivity index (χ4v) is 3.37. The van der Waals surface area contributed by atoms with Crippen molar-refractivity contribution in [1.29, 1.82) is 0 Å². The lowest BCUT2D eigenvalue weighted by molar-refractivity contribution is 0.538. The van der Waals surface area contributed by atoms with Gasteiger partial charge in [0.05, 0.1) is 11.1 Å². The lowest BCUT2D eigenvalue weighted by atomic mass is 10.2. The van der Waals surface area contributed by atoms with Crippen molar-refractivity contribution in [2.75, 3.05) is 0 Å². The van der Waals surface area contributed by atoms with Crippen molar-refractivity contribution in [2.45, 2.75) is 18.7 Å². The van der Waals surface area contributed by atoms with Crippen molar-refractivity contribution >= 4 is 10.0 Å². The monoisotopic (exact) mass is 302 g/mol. The van der Waals surface area contributed by atoms with Gasteiger partial charge in [-0.1, -0.05) is 17.7 Å². The molecule has 0 atom stereocenters. The Kier molecular flexibility index (Phi) is 3.17. The quantitative estimate of drug-likeness (QED) is 0.746. The Morgan fingerprint density at radius 3 is 2.43 bits per heavy atom. The zero-order valence-electron chi connectivity index (χ0n) is 11.6. The van der Waals surface area contributed by atoms with E-state index < -0.39 is 10.0 Å². The number of aromatic nitrogens is 2. The molecule has 3 rings (SSSR count). The molecule has 0 spiro atoms. The van der Waals surface area contributed by atoms with E-state index in [1.807, 2.05) is 6.92 Å². The number of rotatable bonds is 3. The molecular formula is C15H14N2O3S. The molecular weight excluding hydrogens is 288 g/mol. The Balaban J connectivity index is 2.13. The van der Waals surface area contributed by atoms with Crippen LogP contribution in [0, 0.1) is 13.8 Å². The number of aryl methyl sites for hydroxylation is 2. The van der Waals surface area contributed by atoms with Crippen molar-refractivity contribution in [3.8, 4) is 11.6 Å². The third kappa shape index (κ3) is 2.38. The van der Waals surface area contributed by atoms with Gasteiger partial charge in [0.2, 0.25) is 5.89 Å². The fraction of sp³-hybridized carbons (Fsp3) is 0.133. The van der Waals surface area contributed by atoms with Crippen LogP contribution in [0.2, 0.25) is 0 Å². The molecule has 0 saturated heterocycles. The van der Waals surface area contributed by atoms with Crippen LogP contribution < -0.4 is 0 Å². The number of hydrogen-bond acceptors (Lipinski definition) is 4. The van der Waals surface area contributed by atoms with E-state index in [9.17, 15) is 8.42 Å². The highest BCUT2D eigenvalue weighted by atomic mass is 32.2. The van der Waals surface area contributed by atoms with Crippen molar-refractivity contribution in [2.24, 2.45) is 0 Å². The van der Waals surface area contributed by atoms with Crippen LogP contribution >= 0.6 is 0 Å². The van der Waals surface area contributed by atoms with Gasteiger partial charge >= 0.3 is 0 Å². The van der Waals surface area contributed by atoms with E-state index in [1.165, 1.54) is 10.2 Å². The van der Waals surface area contributed by atoms with Crippen molar-refractivity contribution in [3.63, 3.8) is 0 Å². The van der Waals surface area contributed by atoms with E-state index in [2.05, 4.69) is 4.98 Å². The van der Waals surface area contributed by atoms with E-state index >= 15 is 0 Å². The summed E-state index contributed by atoms with van der Waals surface area (Å²) in [5.41, 5.74) is 1.41. The minimum absolute atomic E-state index is 0.230. The number of oxazole rings is 1. The third-order valence-electron chi connectivity index (χ3n) is 3.13. The Hall–Kier alpha value is -2.34. The largest absolute Gasteiger partial charge is 0.440 e. The van der Waals surface area contributed by atoms with Gasteiger partial charge in [-0.2, -0.15) is 0 Å². The highest BCUT2D eigenvalue weighted by Gasteiger charge is 2.21. The summed E-state index contributed by atoms with van der Waals surface area (Å²) in [6.45, 7) is 3.67. The highest BCUT2D eigenvalue weighted by molar-refractivity contribution is 7.90. The van der Waals surface area contributed by atoms with E-state index in [1.54, 1.807) is 49.5 Å². The molecule has 21 heavy (non-hydrogen) atoms. The fourth-order valence-electron chi connectivity index (χ4n) is 2.04. The van der Waals surface area contributed by atoms with Gasteiger partial charge in [-0.15, -0.1) is 0 Å². The molecule has 0 saturated carbocycles. The van der Waals surface area contributed by atoms with Gasteiger partial charge in [0.15, 0.2) is 0 Å². The van der Waals surface area contributed by atoms with Crippen LogP contribution in [0.4, 0.5) is 0 Å². The normalized spacial score (nSPS) is 11.7. The first kappa shape index (κ1) is 13.6. The van der Waals surface area contributed by atoms with Gasteiger partial charge in [0, 0.05) is 6.20 Å². The predicted octanol–water partition coefficient (Wildman–Crippen LogP) is 3.00. The van der Waals surface area contributed by atoms with Crippen molar-refractivity contribution < 1.29 is 12.8 Å². The summed E-state index contributed by atoms with van der Waals surface area (Å²) in [7, 11) is -3.67. The van der Waals surface area contributed by atoms with E-state index in [0.29, 0.717) is 11.5 Å². The van der Waals surface area contributed by atoms with Crippen molar-refractivity contribution in [3.05, 3.63) is 60.1 Å². The van der Waals surface area contributed by atoms with Crippen LogP contribution in [0.25, 0.3) is 11.6 Å². The van der Waals surface area contributed by atoms with Crippen LogP contribution in [0.15, 0.2) is 58.1 Å². The zero-order valence-corrected chi connectivity index (χ0v) is 12.5. The van der Waals surface area contributed by atoms with Crippen molar-refractivity contribution in [1.82, 2.24) is 8.96 Å². The minimum Gasteiger partial charge on any atom is -0.440 e. The summed E-state index contributed by atoms with van der Waals surface area (Å²) in [6.07, 6.45) is 3.05. The molecule has 0 radical (unpaired) electrons. The molecule has 1 aromatic carbocycles. The SMILES string of the molecule is Cc1ccc(S(=O)(=O)n2cccc2-c2ncc(C)o2)cc1. The summed E-state index contributed by atoms with van der Waals surface area (Å²) in [5, 5.41) is 0. The Morgan fingerprint density at radius 2 is 1.81 bits per heavy atom. The summed E-state index contributed by atoms with van der Waals surface area (Å²) < 4.78 is 32.0. The average Bonchev–Trinajstić information content (AvgIpc) is 3.07. The molecule has 0 unspecified atom stereocenters. The second-order valence-electron chi connectivity index (χ2n) is 4.78. The maximum Gasteiger partial charge on any atom is 0.268 e. The summed E-state index contributed by atoms with van der Waals surface area (Å²) in [4.78, 5) is 4.32. The summed E-state index contributed by atoms with van der Waals surface area (Å²) in [5.74, 6) is 0.915. The number of hydrogen-bond donors (Lipinski definition) is 0. The average molecular weight is 302 g/mol. The Morgan fingerprint density at radius 1 is 1.10 bits per heavy atom. The molecule has 0 bridgehead atoms. The van der Waals surface area contributed by atoms with Crippen LogP contribution in [0.1, 0.15) is 11.3 Å². The summed E-state index contributed by atoms with van der Waals surface area (Å²) >= 11 is 0. The lowest BCUT2D eigenvalue weighted by Crippen LogP contribution is -2.13. The van der Waals surface area contributed by atoms with Gasteiger partial charge in [0.25, 0.3) is 10.0 Å². The smallest absolute Gasteiger partial charge is 0.268 e. The first-order valence-corrected chi connectivity index (χ1v) is 7.85. The first-order chi connectivity index (χ1) is 9.98. The molecule has 0 fully saturated rings. The second kappa shape index (κ2) is 4.89. The molecule has 2 heterocycles. The Bertz CT molecular complexity index is 874. The molecule has 3 aromatic rings. The van der Waals surface area contributed by atoms with Crippen LogP contribution in [-0.2, 0) is 10.0 Å². The van der Waals surface area contributed by atoms with E-state index in [0.717, 1.165) is 5.56 Å². The summed E-state index contributed by atoms with van der Waals surface area (Å²) in [6, 6.07) is 10.0. The number of nitrogens with zero attached hydrogens (tertiary/aromatic N) is 2. The van der Waals surface area contributed by atoms with Gasteiger partial charge < -0.3 is 4.42 Å². The van der Waals surface area contributed by atoms with Gasteiger partial charge in [-0.05, 0) is 38.1 Å². The predicted molar refractivity (Wildman–Crippen MR) is 78.4 cm³/mol. The molecule has 5 nitrogen and oxygen atoms in total. The number of benzene rings is 1. The highest BCUT2D eigenvalue weighted by Crippen LogP contribution is 2.24. The zero-order chi connectivity index (χ0) is 15.0. The molecule has 0 aliphatic rings. The molecule has 2 aromatic heterocycles. The maximum absolute atomic E-state index is 12.7. The van der Waals surface area contributed by atoms with Crippen LogP contribution in [0.5, 0.6) is 0 Å². The van der Waals surface area contributed by atoms with E-state index in [-0.39, 0.29) is 10.8 Å². The molecule has 6 heteroatoms. The lowest BCUT2D eigenvalue weighted by Gasteiger charge is -2.09. The van der Waals surface area contributed by atoms with Gasteiger partial charge in [0.1, 0.15) is 11.5 Å². The molecule has 0 aliphatic heterocycles. The third-order valence-corrected chi connectivity index (χ3v) is 4.84. The van der Waals surface area contributed by atoms with Gasteiger partial charge in [-0.3, -0.25) is 0 Å². The maximum atomic E-state index is 12.7. The van der Waals surface area contributed by atoms with Crippen LogP contribution in [-0.4, -0.2) is 17.4 Å². The van der Waals surface area contributed by atoms with Gasteiger partial charge in [-0.25, -0.2) is 17.4 Å². The molecule has 0 N–H and O–H groups in total. The minimum atomic E-state index is -3.67. The second-order valence-corrected chi connectivity index (χ2v) is 6.60. The molecule has 0 amide bonds. The molecule has 0 aliphatic carbocycles. The Labute approximate surface area is 122 Å². The standard InChI is InChI=1S/C15H14N2O3S/c1-11-5-7-13(8-6-11)21(18,19)17-9-3-4-14(17)15-16-10-12(2)20-15/h3-10H,1-2H3. The topological polar surface area (TPSA) is 65.1 Å².